The molecular weight excluding hydrogens is 655 g/mol. The van der Waals surface area contributed by atoms with E-state index in [4.69, 9.17) is 18.9 Å². The van der Waals surface area contributed by atoms with Crippen LogP contribution in [0.1, 0.15) is 78.2 Å². The van der Waals surface area contributed by atoms with E-state index in [0.717, 1.165) is 3.57 Å². The van der Waals surface area contributed by atoms with Crippen molar-refractivity contribution in [1.82, 2.24) is 5.32 Å². The number of carbonyl (C=O) groups is 4. The number of alkyl carbamates (subject to hydrolysis) is 1. The van der Waals surface area contributed by atoms with Gasteiger partial charge in [-0.25, -0.2) is 14.4 Å². The molecule has 0 heterocycles. The molecule has 0 saturated carbocycles. The molecule has 11 heteroatoms. The molecule has 0 aliphatic heterocycles. The Morgan fingerprint density at radius 3 is 1.86 bits per heavy atom. The van der Waals surface area contributed by atoms with E-state index in [2.05, 4.69) is 33.2 Å². The summed E-state index contributed by atoms with van der Waals surface area (Å²) in [7, 11) is 0. The van der Waals surface area contributed by atoms with Crippen LogP contribution < -0.4 is 10.6 Å². The van der Waals surface area contributed by atoms with Crippen molar-refractivity contribution in [2.24, 2.45) is 0 Å². The van der Waals surface area contributed by atoms with Crippen LogP contribution in [0.4, 0.5) is 10.5 Å². The molecule has 2 aromatic carbocycles. The molecule has 2 aromatic rings. The van der Waals surface area contributed by atoms with E-state index in [0.29, 0.717) is 16.8 Å². The van der Waals surface area contributed by atoms with Crippen LogP contribution in [0.25, 0.3) is 0 Å². The van der Waals surface area contributed by atoms with E-state index in [-0.39, 0.29) is 12.5 Å². The number of carbonyl (C=O) groups excluding carboxylic acids is 4. The fourth-order valence-electron chi connectivity index (χ4n) is 3.45. The summed E-state index contributed by atoms with van der Waals surface area (Å²) in [6.07, 6.45) is -2.52. The number of hydrogen-bond acceptors (Lipinski definition) is 8. The molecule has 0 aliphatic carbocycles. The van der Waals surface area contributed by atoms with Crippen LogP contribution >= 0.6 is 22.6 Å². The summed E-state index contributed by atoms with van der Waals surface area (Å²) in [6, 6.07) is 12.4. The largest absolute Gasteiger partial charge is 0.458 e. The number of rotatable bonds is 9. The lowest BCUT2D eigenvalue weighted by atomic mass is 10.1. The summed E-state index contributed by atoms with van der Waals surface area (Å²) in [5.74, 6) is -2.07. The van der Waals surface area contributed by atoms with Gasteiger partial charge in [0.05, 0.1) is 6.61 Å². The number of anilines is 1. The number of halogens is 1. The van der Waals surface area contributed by atoms with Crippen LogP contribution in [0, 0.1) is 3.57 Å². The minimum atomic E-state index is -1.59. The predicted octanol–water partition coefficient (Wildman–Crippen LogP) is 6.01. The van der Waals surface area contributed by atoms with Gasteiger partial charge in [0.25, 0.3) is 5.91 Å². The Morgan fingerprint density at radius 2 is 1.31 bits per heavy atom. The quantitative estimate of drug-likeness (QED) is 0.186. The lowest BCUT2D eigenvalue weighted by Gasteiger charge is -2.31. The monoisotopic (exact) mass is 696 g/mol. The first kappa shape index (κ1) is 35.0. The van der Waals surface area contributed by atoms with Gasteiger partial charge in [-0.2, -0.15) is 0 Å². The molecule has 2 N–H and O–H groups in total. The van der Waals surface area contributed by atoms with E-state index in [1.54, 1.807) is 98.7 Å². The first-order valence-corrected chi connectivity index (χ1v) is 14.5. The topological polar surface area (TPSA) is 129 Å². The molecule has 230 valence electrons. The molecule has 0 spiro atoms. The van der Waals surface area contributed by atoms with Crippen LogP contribution in [-0.2, 0) is 35.1 Å². The van der Waals surface area contributed by atoms with Gasteiger partial charge < -0.3 is 29.6 Å². The third kappa shape index (κ3) is 12.8. The second-order valence-electron chi connectivity index (χ2n) is 12.6. The van der Waals surface area contributed by atoms with E-state index in [9.17, 15) is 19.2 Å². The second-order valence-corrected chi connectivity index (χ2v) is 13.8. The maximum Gasteiger partial charge on any atom is 0.408 e. The van der Waals surface area contributed by atoms with Gasteiger partial charge in [0.15, 0.2) is 12.1 Å². The average molecular weight is 697 g/mol. The van der Waals surface area contributed by atoms with Gasteiger partial charge in [0, 0.05) is 14.8 Å². The maximum atomic E-state index is 13.3. The summed E-state index contributed by atoms with van der Waals surface area (Å²) in [4.78, 5) is 52.0. The van der Waals surface area contributed by atoms with Crippen molar-refractivity contribution in [3.63, 3.8) is 0 Å². The lowest BCUT2D eigenvalue weighted by Crippen LogP contribution is -2.56. The van der Waals surface area contributed by atoms with Crippen molar-refractivity contribution in [3.8, 4) is 0 Å². The Kier molecular flexibility index (Phi) is 11.9. The van der Waals surface area contributed by atoms with Gasteiger partial charge in [0.1, 0.15) is 16.8 Å². The Morgan fingerprint density at radius 1 is 0.762 bits per heavy atom. The molecule has 2 rings (SSSR count). The molecule has 0 aromatic heterocycles. The van der Waals surface area contributed by atoms with Crippen molar-refractivity contribution < 1.29 is 38.1 Å². The van der Waals surface area contributed by atoms with Gasteiger partial charge in [-0.1, -0.05) is 12.1 Å². The smallest absolute Gasteiger partial charge is 0.408 e. The van der Waals surface area contributed by atoms with Gasteiger partial charge in [-0.05, 0) is 127 Å². The summed E-state index contributed by atoms with van der Waals surface area (Å²) < 4.78 is 23.4. The van der Waals surface area contributed by atoms with E-state index in [1.807, 2.05) is 12.1 Å². The highest BCUT2D eigenvalue weighted by molar-refractivity contribution is 14.1. The lowest BCUT2D eigenvalue weighted by molar-refractivity contribution is -0.180. The van der Waals surface area contributed by atoms with Crippen molar-refractivity contribution in [2.45, 2.75) is 97.9 Å². The Bertz CT molecular complexity index is 1260. The standard InChI is InChI=1S/C31H41IN2O8/c1-29(2,3)40-26(36)23(34-28(38)42-31(7,8)9)24(27(37)41-30(4,5)6)39-18-19-11-10-12-22(17-19)33-25(35)20-13-15-21(32)16-14-20/h10-17,23-24H,18H2,1-9H3,(H,33,35)(H,34,38)/t23-,24?/m0/s1. The Labute approximate surface area is 261 Å². The van der Waals surface area contributed by atoms with Crippen LogP contribution in [0.15, 0.2) is 48.5 Å². The molecule has 0 saturated heterocycles. The SMILES string of the molecule is CC(C)(C)OC(=O)N[C@H](C(=O)OC(C)(C)C)C(OCc1cccc(NC(=O)c2ccc(I)cc2)c1)C(=O)OC(C)(C)C. The van der Waals surface area contributed by atoms with Gasteiger partial charge >= 0.3 is 18.0 Å². The zero-order chi connectivity index (χ0) is 31.9. The highest BCUT2D eigenvalue weighted by atomic mass is 127. The van der Waals surface area contributed by atoms with Crippen LogP contribution in [0.5, 0.6) is 0 Å². The molecule has 0 aliphatic rings. The number of esters is 2. The number of hydrogen-bond donors (Lipinski definition) is 2. The molecule has 42 heavy (non-hydrogen) atoms. The van der Waals surface area contributed by atoms with Crippen molar-refractivity contribution >= 4 is 52.2 Å². The van der Waals surface area contributed by atoms with Crippen molar-refractivity contribution in [3.05, 3.63) is 63.2 Å². The molecule has 0 bridgehead atoms. The highest BCUT2D eigenvalue weighted by Crippen LogP contribution is 2.20. The summed E-state index contributed by atoms with van der Waals surface area (Å²) >= 11 is 2.16. The molecular formula is C31H41IN2O8. The van der Waals surface area contributed by atoms with E-state index in [1.165, 1.54) is 0 Å². The third-order valence-electron chi connectivity index (χ3n) is 5.00. The molecule has 0 fully saturated rings. The Hall–Kier alpha value is -3.19. The fraction of sp³-hybridized carbons (Fsp3) is 0.484. The van der Waals surface area contributed by atoms with Crippen molar-refractivity contribution in [1.29, 1.82) is 0 Å². The van der Waals surface area contributed by atoms with Gasteiger partial charge in [0.2, 0.25) is 0 Å². The number of benzene rings is 2. The Balaban J connectivity index is 2.34. The minimum Gasteiger partial charge on any atom is -0.458 e. The zero-order valence-electron chi connectivity index (χ0n) is 25.6. The normalized spacial score (nSPS) is 13.4. The molecule has 2 amide bonds. The van der Waals surface area contributed by atoms with Crippen LogP contribution in [-0.4, -0.2) is 52.9 Å². The average Bonchev–Trinajstić information content (AvgIpc) is 2.80. The number of ether oxygens (including phenoxy) is 4. The first-order chi connectivity index (χ1) is 19.2. The van der Waals surface area contributed by atoms with Crippen molar-refractivity contribution in [2.75, 3.05) is 5.32 Å². The molecule has 0 radical (unpaired) electrons. The first-order valence-electron chi connectivity index (χ1n) is 13.5. The molecule has 2 atom stereocenters. The fourth-order valence-corrected chi connectivity index (χ4v) is 3.81. The van der Waals surface area contributed by atoms with E-state index < -0.39 is 47.0 Å². The molecule has 10 nitrogen and oxygen atoms in total. The number of amides is 2. The highest BCUT2D eigenvalue weighted by Gasteiger charge is 2.42. The summed E-state index contributed by atoms with van der Waals surface area (Å²) in [6.45, 7) is 14.8. The third-order valence-corrected chi connectivity index (χ3v) is 5.71. The van der Waals surface area contributed by atoms with Crippen LogP contribution in [0.2, 0.25) is 0 Å². The zero-order valence-corrected chi connectivity index (χ0v) is 27.8. The number of nitrogens with one attached hydrogen (secondary N) is 2. The maximum absolute atomic E-state index is 13.3. The molecule has 1 unspecified atom stereocenters. The summed E-state index contributed by atoms with van der Waals surface area (Å²) in [5, 5.41) is 5.28. The van der Waals surface area contributed by atoms with Gasteiger partial charge in [-0.3, -0.25) is 4.79 Å². The minimum absolute atomic E-state index is 0.160. The second kappa shape index (κ2) is 14.3. The van der Waals surface area contributed by atoms with Gasteiger partial charge in [-0.15, -0.1) is 0 Å². The predicted molar refractivity (Wildman–Crippen MR) is 167 cm³/mol. The summed E-state index contributed by atoms with van der Waals surface area (Å²) in [5.41, 5.74) is -1.12. The van der Waals surface area contributed by atoms with Crippen LogP contribution in [0.3, 0.4) is 0 Å². The van der Waals surface area contributed by atoms with E-state index >= 15 is 0 Å².